The van der Waals surface area contributed by atoms with Crippen LogP contribution in [0.4, 0.5) is 17.1 Å². The first-order chi connectivity index (χ1) is 21.1. The van der Waals surface area contributed by atoms with E-state index in [0.29, 0.717) is 22.8 Å². The molecule has 0 aromatic heterocycles. The van der Waals surface area contributed by atoms with E-state index >= 15 is 0 Å². The zero-order valence-electron chi connectivity index (χ0n) is 23.2. The number of rotatable bonds is 5. The van der Waals surface area contributed by atoms with Gasteiger partial charge in [0.2, 0.25) is 0 Å². The van der Waals surface area contributed by atoms with Gasteiger partial charge in [-0.2, -0.15) is 0 Å². The van der Waals surface area contributed by atoms with Crippen molar-refractivity contribution in [2.45, 2.75) is 9.79 Å². The van der Waals surface area contributed by atoms with Gasteiger partial charge in [0.25, 0.3) is 11.8 Å². The van der Waals surface area contributed by atoms with Crippen LogP contribution in [-0.4, -0.2) is 24.8 Å². The normalized spacial score (nSPS) is 14.8. The van der Waals surface area contributed by atoms with Crippen molar-refractivity contribution in [3.05, 3.63) is 150 Å². The first-order valence-electron chi connectivity index (χ1n) is 13.8. The molecule has 0 spiro atoms. The first kappa shape index (κ1) is 26.5. The minimum absolute atomic E-state index is 0.142. The number of methoxy groups -OCH3 is 1. The lowest BCUT2D eigenvalue weighted by atomic mass is 10.1. The zero-order chi connectivity index (χ0) is 29.3. The average molecular weight is 580 g/mol. The maximum atomic E-state index is 14.0. The smallest absolute Gasteiger partial charge is 0.282 e. The lowest BCUT2D eigenvalue weighted by Gasteiger charge is -2.31. The molecule has 2 aliphatic rings. The van der Waals surface area contributed by atoms with Gasteiger partial charge in [0.05, 0.1) is 24.2 Å². The van der Waals surface area contributed by atoms with Gasteiger partial charge >= 0.3 is 0 Å². The number of aliphatic imine (C=N–C) groups is 1. The number of nitrogens with zero attached hydrogens (tertiary/aromatic N) is 3. The van der Waals surface area contributed by atoms with Crippen molar-refractivity contribution in [3.63, 3.8) is 0 Å². The Morgan fingerprint density at radius 2 is 1.35 bits per heavy atom. The molecule has 2 aliphatic heterocycles. The van der Waals surface area contributed by atoms with Crippen LogP contribution in [0.5, 0.6) is 5.75 Å². The van der Waals surface area contributed by atoms with Crippen molar-refractivity contribution in [1.82, 2.24) is 0 Å². The number of hydrogen-bond donors (Lipinski definition) is 0. The van der Waals surface area contributed by atoms with E-state index in [1.54, 1.807) is 59.0 Å². The lowest BCUT2D eigenvalue weighted by Crippen LogP contribution is -2.33. The van der Waals surface area contributed by atoms with Crippen LogP contribution in [-0.2, 0) is 4.79 Å². The average Bonchev–Trinajstić information content (AvgIpc) is 3.39. The Bertz CT molecular complexity index is 1870. The third-order valence-corrected chi connectivity index (χ3v) is 8.45. The van der Waals surface area contributed by atoms with E-state index < -0.39 is 0 Å². The summed E-state index contributed by atoms with van der Waals surface area (Å²) in [5.41, 5.74) is 4.81. The Hall–Kier alpha value is -5.40. The Morgan fingerprint density at radius 3 is 1.98 bits per heavy atom. The van der Waals surface area contributed by atoms with Crippen molar-refractivity contribution in [1.29, 1.82) is 0 Å². The molecule has 7 rings (SSSR count). The van der Waals surface area contributed by atoms with E-state index in [0.717, 1.165) is 38.0 Å². The summed E-state index contributed by atoms with van der Waals surface area (Å²) in [5, 5.41) is 0. The number of fused-ring (bicyclic) bond motifs is 2. The maximum Gasteiger partial charge on any atom is 0.282 e. The highest BCUT2D eigenvalue weighted by Gasteiger charge is 2.33. The third-order valence-electron chi connectivity index (χ3n) is 7.32. The molecule has 43 heavy (non-hydrogen) atoms. The van der Waals surface area contributed by atoms with Gasteiger partial charge in [-0.15, -0.1) is 0 Å². The minimum atomic E-state index is -0.246. The number of hydrogen-bond acceptors (Lipinski definition) is 5. The van der Waals surface area contributed by atoms with E-state index in [-0.39, 0.29) is 11.8 Å². The van der Waals surface area contributed by atoms with Crippen LogP contribution in [0.1, 0.15) is 21.5 Å². The summed E-state index contributed by atoms with van der Waals surface area (Å²) < 4.78 is 5.26. The number of carbonyl (C=O) groups excluding carboxylic acids is 2. The standard InChI is InChI=1S/C36H25N3O3S/c1-42-28-21-15-24(16-22-28)23-29-36(41)38(34(37-29)25-9-3-2-4-10-25)27-19-17-26(18-20-27)35(40)39-30-11-5-7-13-32(30)43-33-14-8-6-12-31(33)39/h2-23H,1H3/b29-23-. The van der Waals surface area contributed by atoms with Crippen LogP contribution in [0.25, 0.3) is 6.08 Å². The van der Waals surface area contributed by atoms with E-state index in [2.05, 4.69) is 0 Å². The van der Waals surface area contributed by atoms with E-state index in [1.165, 1.54) is 0 Å². The second kappa shape index (κ2) is 11.1. The number of benzene rings is 5. The lowest BCUT2D eigenvalue weighted by molar-refractivity contribution is -0.113. The van der Waals surface area contributed by atoms with Crippen LogP contribution in [0.15, 0.2) is 148 Å². The Balaban J connectivity index is 1.24. The topological polar surface area (TPSA) is 62.2 Å². The van der Waals surface area contributed by atoms with Crippen LogP contribution in [0.3, 0.4) is 0 Å². The highest BCUT2D eigenvalue weighted by atomic mass is 32.2. The van der Waals surface area contributed by atoms with Crippen molar-refractivity contribution in [3.8, 4) is 5.75 Å². The van der Waals surface area contributed by atoms with Crippen LogP contribution in [0.2, 0.25) is 0 Å². The van der Waals surface area contributed by atoms with Crippen LogP contribution >= 0.6 is 11.8 Å². The van der Waals surface area contributed by atoms with Gasteiger partial charge in [0.1, 0.15) is 17.3 Å². The molecule has 0 bridgehead atoms. The number of ether oxygens (including phenoxy) is 1. The number of amidine groups is 1. The zero-order valence-corrected chi connectivity index (χ0v) is 24.0. The quantitative estimate of drug-likeness (QED) is 0.198. The Morgan fingerprint density at radius 1 is 0.744 bits per heavy atom. The summed E-state index contributed by atoms with van der Waals surface area (Å²) in [6.45, 7) is 0. The molecule has 5 aromatic rings. The molecular weight excluding hydrogens is 554 g/mol. The molecule has 0 atom stereocenters. The molecule has 6 nitrogen and oxygen atoms in total. The fraction of sp³-hybridized carbons (Fsp3) is 0.0278. The second-order valence-corrected chi connectivity index (χ2v) is 11.1. The van der Waals surface area contributed by atoms with Gasteiger partial charge in [-0.1, -0.05) is 78.5 Å². The fourth-order valence-corrected chi connectivity index (χ4v) is 6.26. The Kier molecular flexibility index (Phi) is 6.85. The first-order valence-corrected chi connectivity index (χ1v) is 14.6. The monoisotopic (exact) mass is 579 g/mol. The van der Waals surface area contributed by atoms with Gasteiger partial charge in [0, 0.05) is 20.9 Å². The van der Waals surface area contributed by atoms with Gasteiger partial charge in [-0.3, -0.25) is 19.4 Å². The van der Waals surface area contributed by atoms with Crippen molar-refractivity contribution >= 4 is 52.6 Å². The number of amides is 2. The number of para-hydroxylation sites is 2. The van der Waals surface area contributed by atoms with E-state index in [1.807, 2.05) is 103 Å². The molecule has 5 aromatic carbocycles. The van der Waals surface area contributed by atoms with E-state index in [9.17, 15) is 9.59 Å². The summed E-state index contributed by atoms with van der Waals surface area (Å²) in [5.74, 6) is 0.876. The molecule has 0 radical (unpaired) electrons. The Labute approximate surface area is 253 Å². The third kappa shape index (κ3) is 4.90. The van der Waals surface area contributed by atoms with E-state index in [4.69, 9.17) is 9.73 Å². The summed E-state index contributed by atoms with van der Waals surface area (Å²) >= 11 is 1.66. The van der Waals surface area contributed by atoms with Crippen LogP contribution < -0.4 is 14.5 Å². The minimum Gasteiger partial charge on any atom is -0.497 e. The molecule has 2 heterocycles. The molecule has 2 amide bonds. The highest BCUT2D eigenvalue weighted by molar-refractivity contribution is 7.99. The van der Waals surface area contributed by atoms with Gasteiger partial charge < -0.3 is 4.74 Å². The van der Waals surface area contributed by atoms with Gasteiger partial charge in [-0.05, 0) is 72.3 Å². The predicted octanol–water partition coefficient (Wildman–Crippen LogP) is 7.97. The van der Waals surface area contributed by atoms with Crippen molar-refractivity contribution in [2.75, 3.05) is 16.9 Å². The van der Waals surface area contributed by atoms with Crippen molar-refractivity contribution in [2.24, 2.45) is 4.99 Å². The number of carbonyl (C=O) groups is 2. The molecule has 7 heteroatoms. The molecule has 0 aliphatic carbocycles. The largest absolute Gasteiger partial charge is 0.497 e. The van der Waals surface area contributed by atoms with Crippen LogP contribution in [0, 0.1) is 0 Å². The SMILES string of the molecule is COc1ccc(/C=C2\N=C(c3ccccc3)N(c3ccc(C(=O)N4c5ccccc5Sc5ccccc54)cc3)C2=O)cc1. The summed E-state index contributed by atoms with van der Waals surface area (Å²) in [6.07, 6.45) is 1.77. The molecule has 0 N–H and O–H groups in total. The highest BCUT2D eigenvalue weighted by Crippen LogP contribution is 2.48. The molecule has 0 saturated heterocycles. The summed E-state index contributed by atoms with van der Waals surface area (Å²) in [7, 11) is 1.62. The number of anilines is 3. The molecule has 0 unspecified atom stereocenters. The molecule has 208 valence electrons. The summed E-state index contributed by atoms with van der Waals surface area (Å²) in [6, 6.07) is 40.0. The van der Waals surface area contributed by atoms with Crippen molar-refractivity contribution < 1.29 is 14.3 Å². The molecule has 0 fully saturated rings. The maximum absolute atomic E-state index is 14.0. The predicted molar refractivity (Wildman–Crippen MR) is 171 cm³/mol. The van der Waals surface area contributed by atoms with Gasteiger partial charge in [0.15, 0.2) is 0 Å². The van der Waals surface area contributed by atoms with Gasteiger partial charge in [-0.25, -0.2) is 4.99 Å². The second-order valence-electron chi connectivity index (χ2n) is 9.97. The molecule has 0 saturated carbocycles. The molecular formula is C36H25N3O3S. The fourth-order valence-electron chi connectivity index (χ4n) is 5.20. The summed E-state index contributed by atoms with van der Waals surface area (Å²) in [4.78, 5) is 38.0.